The molecule has 1 heterocycles. The van der Waals surface area contributed by atoms with Gasteiger partial charge in [-0.15, -0.1) is 0 Å². The van der Waals surface area contributed by atoms with Gasteiger partial charge in [0.2, 0.25) is 0 Å². The van der Waals surface area contributed by atoms with Crippen LogP contribution in [-0.4, -0.2) is 22.2 Å². The smallest absolute Gasteiger partial charge is 0.321 e. The number of nitrogens with two attached hydrogens (primary N) is 1. The maximum Gasteiger partial charge on any atom is 0.321 e. The fourth-order valence-electron chi connectivity index (χ4n) is 0.672. The monoisotopic (exact) mass is 170 g/mol. The van der Waals surface area contributed by atoms with E-state index in [2.05, 4.69) is 15.5 Å². The summed E-state index contributed by atoms with van der Waals surface area (Å²) < 4.78 is 4.83. The minimum absolute atomic E-state index is 0.275. The topological polar surface area (TPSA) is 77.0 Å². The summed E-state index contributed by atoms with van der Waals surface area (Å²) in [6.45, 7) is 6.21. The van der Waals surface area contributed by atoms with Crippen molar-refractivity contribution in [1.29, 1.82) is 0 Å². The molecule has 1 rings (SSSR count). The van der Waals surface area contributed by atoms with Crippen molar-refractivity contribution in [2.75, 3.05) is 11.9 Å². The van der Waals surface area contributed by atoms with Gasteiger partial charge in [-0.25, -0.2) is 0 Å². The van der Waals surface area contributed by atoms with Crippen LogP contribution in [-0.2, 0) is 0 Å². The summed E-state index contributed by atoms with van der Waals surface area (Å²) in [7, 11) is 0. The van der Waals surface area contributed by atoms with E-state index in [1.807, 2.05) is 13.8 Å². The highest BCUT2D eigenvalue weighted by atomic mass is 16.5. The molecule has 0 spiro atoms. The standard InChI is InChI=1S/C7H14N4O/c1-5-10-6(12-11-5)9-4-7(2,3)8/h4,8H2,1-3H3,(H,9,10,11). The Morgan fingerprint density at radius 1 is 1.58 bits per heavy atom. The molecule has 0 bridgehead atoms. The van der Waals surface area contributed by atoms with E-state index in [1.54, 1.807) is 6.92 Å². The molecule has 3 N–H and O–H groups in total. The third-order valence-electron chi connectivity index (χ3n) is 1.22. The van der Waals surface area contributed by atoms with Crippen LogP contribution in [0.4, 0.5) is 6.01 Å². The summed E-state index contributed by atoms with van der Waals surface area (Å²) in [6, 6.07) is 0.422. The molecule has 0 fully saturated rings. The maximum absolute atomic E-state index is 5.74. The van der Waals surface area contributed by atoms with E-state index in [9.17, 15) is 0 Å². The molecule has 0 saturated heterocycles. The molecule has 0 aliphatic carbocycles. The van der Waals surface area contributed by atoms with Crippen LogP contribution in [0.25, 0.3) is 0 Å². The minimum atomic E-state index is -0.275. The highest BCUT2D eigenvalue weighted by Crippen LogP contribution is 2.04. The van der Waals surface area contributed by atoms with Crippen LogP contribution in [0.15, 0.2) is 4.52 Å². The van der Waals surface area contributed by atoms with Crippen molar-refractivity contribution in [1.82, 2.24) is 10.1 Å². The summed E-state index contributed by atoms with van der Waals surface area (Å²) in [5, 5.41) is 6.57. The molecular weight excluding hydrogens is 156 g/mol. The van der Waals surface area contributed by atoms with Crippen LogP contribution in [0.3, 0.4) is 0 Å². The van der Waals surface area contributed by atoms with E-state index < -0.39 is 0 Å². The average Bonchev–Trinajstić information content (AvgIpc) is 2.30. The van der Waals surface area contributed by atoms with Gasteiger partial charge in [0.25, 0.3) is 0 Å². The van der Waals surface area contributed by atoms with E-state index in [0.717, 1.165) is 0 Å². The highest BCUT2D eigenvalue weighted by molar-refractivity contribution is 5.18. The molecule has 5 nitrogen and oxygen atoms in total. The lowest BCUT2D eigenvalue weighted by Gasteiger charge is -2.17. The van der Waals surface area contributed by atoms with Gasteiger partial charge in [0.15, 0.2) is 5.82 Å². The summed E-state index contributed by atoms with van der Waals surface area (Å²) in [4.78, 5) is 3.97. The molecule has 0 aliphatic rings. The third-order valence-corrected chi connectivity index (χ3v) is 1.22. The van der Waals surface area contributed by atoms with Gasteiger partial charge in [0.05, 0.1) is 0 Å². The summed E-state index contributed by atoms with van der Waals surface area (Å²) in [5.74, 6) is 0.618. The average molecular weight is 170 g/mol. The fourth-order valence-corrected chi connectivity index (χ4v) is 0.672. The van der Waals surface area contributed by atoms with Gasteiger partial charge in [0, 0.05) is 12.1 Å². The first-order valence-corrected chi connectivity index (χ1v) is 3.80. The third kappa shape index (κ3) is 2.87. The second-order valence-corrected chi connectivity index (χ2v) is 3.49. The highest BCUT2D eigenvalue weighted by Gasteiger charge is 2.11. The number of aryl methyl sites for hydroxylation is 1. The molecule has 0 aliphatic heterocycles. The zero-order valence-corrected chi connectivity index (χ0v) is 7.59. The zero-order chi connectivity index (χ0) is 9.19. The Hall–Kier alpha value is -1.10. The summed E-state index contributed by atoms with van der Waals surface area (Å²) >= 11 is 0. The van der Waals surface area contributed by atoms with Gasteiger partial charge in [0.1, 0.15) is 0 Å². The van der Waals surface area contributed by atoms with E-state index in [0.29, 0.717) is 18.4 Å². The molecule has 12 heavy (non-hydrogen) atoms. The van der Waals surface area contributed by atoms with Crippen molar-refractivity contribution in [3.8, 4) is 0 Å². The molecule has 5 heteroatoms. The van der Waals surface area contributed by atoms with Crippen LogP contribution in [0.1, 0.15) is 19.7 Å². The molecule has 0 radical (unpaired) electrons. The van der Waals surface area contributed by atoms with E-state index in [1.165, 1.54) is 0 Å². The van der Waals surface area contributed by atoms with Crippen molar-refractivity contribution in [2.24, 2.45) is 5.73 Å². The number of hydrogen-bond acceptors (Lipinski definition) is 5. The Morgan fingerprint density at radius 2 is 2.25 bits per heavy atom. The van der Waals surface area contributed by atoms with Crippen LogP contribution in [0, 0.1) is 6.92 Å². The van der Waals surface area contributed by atoms with Crippen molar-refractivity contribution in [3.63, 3.8) is 0 Å². The lowest BCUT2D eigenvalue weighted by molar-refractivity contribution is 0.420. The predicted octanol–water partition coefficient (Wildman–Crippen LogP) is 0.527. The SMILES string of the molecule is Cc1noc(NCC(C)(C)N)n1. The minimum Gasteiger partial charge on any atom is -0.336 e. The first kappa shape index (κ1) is 8.99. The Kier molecular flexibility index (Phi) is 2.32. The van der Waals surface area contributed by atoms with Gasteiger partial charge in [-0.1, -0.05) is 5.16 Å². The molecule has 0 unspecified atom stereocenters. The molecule has 0 aromatic carbocycles. The van der Waals surface area contributed by atoms with Crippen molar-refractivity contribution < 1.29 is 4.52 Å². The lowest BCUT2D eigenvalue weighted by atomic mass is 10.1. The van der Waals surface area contributed by atoms with Gasteiger partial charge >= 0.3 is 6.01 Å². The molecule has 1 aromatic heterocycles. The molecule has 0 atom stereocenters. The van der Waals surface area contributed by atoms with Gasteiger partial charge in [-0.05, 0) is 20.8 Å². The lowest BCUT2D eigenvalue weighted by Crippen LogP contribution is -2.39. The first-order valence-electron chi connectivity index (χ1n) is 3.80. The summed E-state index contributed by atoms with van der Waals surface area (Å²) in [5.41, 5.74) is 5.46. The number of aromatic nitrogens is 2. The van der Waals surface area contributed by atoms with Gasteiger partial charge in [-0.3, -0.25) is 0 Å². The summed E-state index contributed by atoms with van der Waals surface area (Å²) in [6.07, 6.45) is 0. The number of nitrogens with zero attached hydrogens (tertiary/aromatic N) is 2. The molecule has 68 valence electrons. The largest absolute Gasteiger partial charge is 0.336 e. The molecule has 1 aromatic rings. The van der Waals surface area contributed by atoms with Crippen LogP contribution in [0.5, 0.6) is 0 Å². The van der Waals surface area contributed by atoms with Crippen molar-refractivity contribution in [2.45, 2.75) is 26.3 Å². The second-order valence-electron chi connectivity index (χ2n) is 3.49. The van der Waals surface area contributed by atoms with Crippen LogP contribution in [0.2, 0.25) is 0 Å². The number of rotatable bonds is 3. The second kappa shape index (κ2) is 3.10. The first-order chi connectivity index (χ1) is 5.47. The van der Waals surface area contributed by atoms with E-state index >= 15 is 0 Å². The Labute approximate surface area is 71.3 Å². The molecular formula is C7H14N4O. The quantitative estimate of drug-likeness (QED) is 0.691. The van der Waals surface area contributed by atoms with Gasteiger partial charge < -0.3 is 15.6 Å². The Bertz CT molecular complexity index is 250. The Balaban J connectivity index is 2.44. The Morgan fingerprint density at radius 3 is 2.67 bits per heavy atom. The van der Waals surface area contributed by atoms with Crippen LogP contribution >= 0.6 is 0 Å². The number of hydrogen-bond donors (Lipinski definition) is 2. The fraction of sp³-hybridized carbons (Fsp3) is 0.714. The number of nitrogens with one attached hydrogen (secondary N) is 1. The van der Waals surface area contributed by atoms with Crippen LogP contribution < -0.4 is 11.1 Å². The molecule has 0 saturated carbocycles. The maximum atomic E-state index is 5.74. The number of anilines is 1. The zero-order valence-electron chi connectivity index (χ0n) is 7.59. The van der Waals surface area contributed by atoms with E-state index in [4.69, 9.17) is 10.3 Å². The van der Waals surface area contributed by atoms with Gasteiger partial charge in [-0.2, -0.15) is 4.98 Å². The van der Waals surface area contributed by atoms with E-state index in [-0.39, 0.29) is 5.54 Å². The normalized spacial score (nSPS) is 11.7. The predicted molar refractivity (Wildman–Crippen MR) is 45.8 cm³/mol. The van der Waals surface area contributed by atoms with Crippen molar-refractivity contribution in [3.05, 3.63) is 5.82 Å². The molecule has 0 amide bonds. The van der Waals surface area contributed by atoms with Crippen molar-refractivity contribution >= 4 is 6.01 Å².